The molecule has 0 fully saturated rings. The molecule has 55 heavy (non-hydrogen) atoms. The Balaban J connectivity index is 1.14. The molecule has 0 radical (unpaired) electrons. The predicted octanol–water partition coefficient (Wildman–Crippen LogP) is 13.6. The Hall–Kier alpha value is -7.43. The van der Waals surface area contributed by atoms with Crippen LogP contribution < -0.4 is 0 Å². The molecule has 0 aliphatic carbocycles. The van der Waals surface area contributed by atoms with Gasteiger partial charge < -0.3 is 4.42 Å². The molecule has 4 nitrogen and oxygen atoms in total. The van der Waals surface area contributed by atoms with Gasteiger partial charge in [0.2, 0.25) is 0 Å². The fourth-order valence-corrected chi connectivity index (χ4v) is 7.88. The van der Waals surface area contributed by atoms with Gasteiger partial charge in [-0.1, -0.05) is 152 Å². The molecule has 2 heterocycles. The summed E-state index contributed by atoms with van der Waals surface area (Å²) in [6.07, 6.45) is 0. The maximum atomic E-state index is 6.86. The van der Waals surface area contributed by atoms with Crippen molar-refractivity contribution in [3.8, 4) is 56.4 Å². The third-order valence-corrected chi connectivity index (χ3v) is 10.7. The molecule has 11 aromatic rings. The van der Waals surface area contributed by atoms with E-state index < -0.39 is 0 Å². The van der Waals surface area contributed by atoms with Crippen molar-refractivity contribution >= 4 is 54.3 Å². The van der Waals surface area contributed by atoms with E-state index in [9.17, 15) is 0 Å². The first-order valence-electron chi connectivity index (χ1n) is 18.5. The Bertz CT molecular complexity index is 3260. The van der Waals surface area contributed by atoms with E-state index in [1.54, 1.807) is 0 Å². The summed E-state index contributed by atoms with van der Waals surface area (Å²) < 4.78 is 6.86. The van der Waals surface area contributed by atoms with Crippen molar-refractivity contribution in [2.45, 2.75) is 0 Å². The number of aromatic nitrogens is 3. The van der Waals surface area contributed by atoms with Gasteiger partial charge in [-0.2, -0.15) is 0 Å². The van der Waals surface area contributed by atoms with Gasteiger partial charge in [-0.15, -0.1) is 0 Å². The minimum atomic E-state index is 0.556. The minimum Gasteiger partial charge on any atom is -0.455 e. The fourth-order valence-electron chi connectivity index (χ4n) is 7.88. The molecule has 0 amide bonds. The van der Waals surface area contributed by atoms with Gasteiger partial charge in [0.25, 0.3) is 0 Å². The summed E-state index contributed by atoms with van der Waals surface area (Å²) in [6.45, 7) is 0. The lowest BCUT2D eigenvalue weighted by Crippen LogP contribution is -2.00. The second-order valence-corrected chi connectivity index (χ2v) is 14.0. The van der Waals surface area contributed by atoms with Gasteiger partial charge in [-0.05, 0) is 91.0 Å². The molecule has 256 valence electrons. The summed E-state index contributed by atoms with van der Waals surface area (Å²) in [6, 6.07) is 65.8. The summed E-state index contributed by atoms with van der Waals surface area (Å²) in [5, 5.41) is 8.95. The number of fused-ring (bicyclic) bond motifs is 6. The summed E-state index contributed by atoms with van der Waals surface area (Å²) in [5.74, 6) is 1.76. The van der Waals surface area contributed by atoms with E-state index in [1.807, 2.05) is 12.1 Å². The third-order valence-electron chi connectivity index (χ3n) is 10.7. The lowest BCUT2D eigenvalue weighted by atomic mass is 9.96. The number of benzene rings is 9. The van der Waals surface area contributed by atoms with Crippen LogP contribution in [0.25, 0.3) is 111 Å². The Morgan fingerprint density at radius 1 is 0.309 bits per heavy atom. The second kappa shape index (κ2) is 12.6. The van der Waals surface area contributed by atoms with Gasteiger partial charge in [0.15, 0.2) is 17.5 Å². The van der Waals surface area contributed by atoms with Gasteiger partial charge in [-0.3, -0.25) is 0 Å². The molecule has 0 saturated carbocycles. The number of hydrogen-bond donors (Lipinski definition) is 0. The SMILES string of the molecule is c1ccc(-c2ccc3cc(-c4nc(-c5ccc6ccccc6c5)nc(-c5ccc(-c6ccccc6)c6c5oc5cc7ccccc7cc56)n4)ccc3c2)cc1. The Morgan fingerprint density at radius 2 is 0.782 bits per heavy atom. The molecular weight excluding hydrogens is 671 g/mol. The van der Waals surface area contributed by atoms with E-state index in [0.717, 1.165) is 82.1 Å². The van der Waals surface area contributed by atoms with E-state index in [4.69, 9.17) is 19.4 Å². The topological polar surface area (TPSA) is 51.8 Å². The molecule has 0 spiro atoms. The van der Waals surface area contributed by atoms with Crippen molar-refractivity contribution in [3.05, 3.63) is 188 Å². The molecule has 0 aliphatic rings. The molecule has 2 aromatic heterocycles. The number of rotatable bonds is 5. The van der Waals surface area contributed by atoms with E-state index in [2.05, 4.69) is 176 Å². The highest BCUT2D eigenvalue weighted by Gasteiger charge is 2.21. The van der Waals surface area contributed by atoms with Crippen LogP contribution in [0, 0.1) is 0 Å². The van der Waals surface area contributed by atoms with Gasteiger partial charge in [-0.25, -0.2) is 15.0 Å². The maximum Gasteiger partial charge on any atom is 0.167 e. The van der Waals surface area contributed by atoms with Crippen molar-refractivity contribution < 1.29 is 4.42 Å². The van der Waals surface area contributed by atoms with E-state index in [1.165, 1.54) is 11.1 Å². The lowest BCUT2D eigenvalue weighted by molar-refractivity contribution is 0.670. The highest BCUT2D eigenvalue weighted by Crippen LogP contribution is 2.43. The first-order chi connectivity index (χ1) is 27.2. The first kappa shape index (κ1) is 31.1. The predicted molar refractivity (Wildman–Crippen MR) is 227 cm³/mol. The number of hydrogen-bond acceptors (Lipinski definition) is 4. The summed E-state index contributed by atoms with van der Waals surface area (Å²) in [4.78, 5) is 15.6. The normalized spacial score (nSPS) is 11.6. The van der Waals surface area contributed by atoms with Crippen LogP contribution in [-0.4, -0.2) is 15.0 Å². The zero-order chi connectivity index (χ0) is 36.3. The van der Waals surface area contributed by atoms with Gasteiger partial charge >= 0.3 is 0 Å². The standard InChI is InChI=1S/C51H31N3O/c1-3-11-32(12-4-1)38-20-21-40-29-42(24-22-39(40)27-38)50-52-49(41-23-19-33-13-7-8-16-35(33)28-41)53-51(54-50)44-26-25-43(34-14-5-2-6-15-34)47-45-30-36-17-9-10-18-37(36)31-46(45)55-48(44)47/h1-31H. The van der Waals surface area contributed by atoms with Gasteiger partial charge in [0.1, 0.15) is 11.2 Å². The van der Waals surface area contributed by atoms with Crippen molar-refractivity contribution in [3.63, 3.8) is 0 Å². The average Bonchev–Trinajstić information content (AvgIpc) is 3.63. The van der Waals surface area contributed by atoms with Gasteiger partial charge in [0, 0.05) is 21.9 Å². The number of furan rings is 1. The summed E-state index contributed by atoms with van der Waals surface area (Å²) in [5.41, 5.74) is 8.82. The number of nitrogens with zero attached hydrogens (tertiary/aromatic N) is 3. The molecule has 0 unspecified atom stereocenters. The molecule has 9 aromatic carbocycles. The van der Waals surface area contributed by atoms with Crippen LogP contribution in [0.4, 0.5) is 0 Å². The van der Waals surface area contributed by atoms with Crippen molar-refractivity contribution in [1.29, 1.82) is 0 Å². The van der Waals surface area contributed by atoms with Crippen molar-refractivity contribution in [2.24, 2.45) is 0 Å². The largest absolute Gasteiger partial charge is 0.455 e. The molecule has 0 saturated heterocycles. The first-order valence-corrected chi connectivity index (χ1v) is 18.5. The smallest absolute Gasteiger partial charge is 0.167 e. The van der Waals surface area contributed by atoms with E-state index in [-0.39, 0.29) is 0 Å². The van der Waals surface area contributed by atoms with Crippen molar-refractivity contribution in [2.75, 3.05) is 0 Å². The van der Waals surface area contributed by atoms with Crippen molar-refractivity contribution in [1.82, 2.24) is 15.0 Å². The highest BCUT2D eigenvalue weighted by molar-refractivity contribution is 6.18. The molecule has 0 N–H and O–H groups in total. The van der Waals surface area contributed by atoms with Crippen LogP contribution in [0.3, 0.4) is 0 Å². The Morgan fingerprint density at radius 3 is 1.45 bits per heavy atom. The monoisotopic (exact) mass is 701 g/mol. The van der Waals surface area contributed by atoms with Gasteiger partial charge in [0.05, 0.1) is 5.56 Å². The van der Waals surface area contributed by atoms with E-state index in [0.29, 0.717) is 17.5 Å². The maximum absolute atomic E-state index is 6.86. The fraction of sp³-hybridized carbons (Fsp3) is 0. The van der Waals surface area contributed by atoms with Crippen LogP contribution in [0.15, 0.2) is 192 Å². The lowest BCUT2D eigenvalue weighted by Gasteiger charge is -2.11. The molecular formula is C51H31N3O. The Kier molecular flexibility index (Phi) is 7.14. The highest BCUT2D eigenvalue weighted by atomic mass is 16.3. The molecule has 0 atom stereocenters. The van der Waals surface area contributed by atoms with E-state index >= 15 is 0 Å². The Labute approximate surface area is 317 Å². The quantitative estimate of drug-likeness (QED) is 0.179. The minimum absolute atomic E-state index is 0.556. The molecule has 4 heteroatoms. The zero-order valence-electron chi connectivity index (χ0n) is 29.6. The average molecular weight is 702 g/mol. The summed E-state index contributed by atoms with van der Waals surface area (Å²) >= 11 is 0. The molecule has 0 bridgehead atoms. The molecule has 11 rings (SSSR count). The second-order valence-electron chi connectivity index (χ2n) is 14.0. The van der Waals surface area contributed by atoms with Crippen LogP contribution in [0.2, 0.25) is 0 Å². The van der Waals surface area contributed by atoms with Crippen LogP contribution in [-0.2, 0) is 0 Å². The van der Waals surface area contributed by atoms with Crippen LogP contribution in [0.1, 0.15) is 0 Å². The zero-order valence-corrected chi connectivity index (χ0v) is 29.6. The summed E-state index contributed by atoms with van der Waals surface area (Å²) in [7, 11) is 0. The molecule has 0 aliphatic heterocycles. The van der Waals surface area contributed by atoms with Crippen LogP contribution in [0.5, 0.6) is 0 Å². The van der Waals surface area contributed by atoms with Crippen LogP contribution >= 0.6 is 0 Å². The third kappa shape index (κ3) is 5.43.